The third-order valence-electron chi connectivity index (χ3n) is 4.82. The number of piperidine rings is 1. The van der Waals surface area contributed by atoms with E-state index in [0.29, 0.717) is 6.61 Å². The molecule has 3 heterocycles. The minimum absolute atomic E-state index is 0.262. The van der Waals surface area contributed by atoms with E-state index >= 15 is 0 Å². The molecule has 24 heavy (non-hydrogen) atoms. The fraction of sp³-hybridized carbons (Fsp3) is 0.474. The molecule has 5 heteroatoms. The molecule has 1 atom stereocenters. The average molecular weight is 324 g/mol. The second-order valence-electron chi connectivity index (χ2n) is 6.48. The van der Waals surface area contributed by atoms with Gasteiger partial charge in [-0.25, -0.2) is 0 Å². The molecule has 0 amide bonds. The first-order valence-corrected chi connectivity index (χ1v) is 8.45. The number of nitrogens with zero attached hydrogens (tertiary/aromatic N) is 4. The number of aromatic nitrogens is 2. The minimum atomic E-state index is 0.262. The molecule has 0 aromatic carbocycles. The Morgan fingerprint density at radius 3 is 3.04 bits per heavy atom. The molecule has 1 aliphatic heterocycles. The molecular formula is C19H24N4O. The standard InChI is InChI=1S/C19H24N4O/c1-15-17(9-18(10-20)22(15)2)12-23-8-4-6-19(13-23)24-14-16-5-3-7-21-11-16/h3,5,7,9,11,19H,4,6,8,12-14H2,1-2H3/t19-/m1/s1. The van der Waals surface area contributed by atoms with Gasteiger partial charge in [0.05, 0.1) is 12.7 Å². The van der Waals surface area contributed by atoms with Crippen LogP contribution in [0, 0.1) is 18.3 Å². The molecule has 1 aliphatic rings. The van der Waals surface area contributed by atoms with Crippen molar-refractivity contribution >= 4 is 0 Å². The maximum Gasteiger partial charge on any atom is 0.120 e. The van der Waals surface area contributed by atoms with Crippen LogP contribution in [0.3, 0.4) is 0 Å². The van der Waals surface area contributed by atoms with E-state index in [-0.39, 0.29) is 6.10 Å². The molecule has 2 aromatic heterocycles. The maximum atomic E-state index is 9.17. The van der Waals surface area contributed by atoms with Crippen molar-refractivity contribution in [1.29, 1.82) is 5.26 Å². The summed E-state index contributed by atoms with van der Waals surface area (Å²) in [6, 6.07) is 8.25. The van der Waals surface area contributed by atoms with Crippen LogP contribution in [0.25, 0.3) is 0 Å². The lowest BCUT2D eigenvalue weighted by molar-refractivity contribution is -0.0121. The Morgan fingerprint density at radius 1 is 1.46 bits per heavy atom. The molecule has 126 valence electrons. The highest BCUT2D eigenvalue weighted by molar-refractivity contribution is 5.34. The van der Waals surface area contributed by atoms with Crippen molar-refractivity contribution in [2.75, 3.05) is 13.1 Å². The Hall–Kier alpha value is -2.16. The molecule has 0 saturated carbocycles. The van der Waals surface area contributed by atoms with Gasteiger partial charge in [0.25, 0.3) is 0 Å². The highest BCUT2D eigenvalue weighted by Crippen LogP contribution is 2.20. The highest BCUT2D eigenvalue weighted by Gasteiger charge is 2.22. The number of hydrogen-bond donors (Lipinski definition) is 0. The van der Waals surface area contributed by atoms with Gasteiger partial charge >= 0.3 is 0 Å². The summed E-state index contributed by atoms with van der Waals surface area (Å²) < 4.78 is 8.05. The highest BCUT2D eigenvalue weighted by atomic mass is 16.5. The van der Waals surface area contributed by atoms with E-state index < -0.39 is 0 Å². The van der Waals surface area contributed by atoms with Gasteiger partial charge in [-0.15, -0.1) is 0 Å². The van der Waals surface area contributed by atoms with Crippen LogP contribution >= 0.6 is 0 Å². The van der Waals surface area contributed by atoms with E-state index in [1.807, 2.05) is 36.0 Å². The number of ether oxygens (including phenoxy) is 1. The lowest BCUT2D eigenvalue weighted by Crippen LogP contribution is -2.39. The topological polar surface area (TPSA) is 54.1 Å². The summed E-state index contributed by atoms with van der Waals surface area (Å²) in [5.74, 6) is 0. The monoisotopic (exact) mass is 324 g/mol. The third kappa shape index (κ3) is 3.84. The average Bonchev–Trinajstić information content (AvgIpc) is 2.89. The van der Waals surface area contributed by atoms with Gasteiger partial charge in [0.15, 0.2) is 0 Å². The van der Waals surface area contributed by atoms with Crippen molar-refractivity contribution in [3.05, 3.63) is 53.1 Å². The zero-order chi connectivity index (χ0) is 16.9. The second kappa shape index (κ2) is 7.61. The Kier molecular flexibility index (Phi) is 5.29. The zero-order valence-corrected chi connectivity index (χ0v) is 14.4. The summed E-state index contributed by atoms with van der Waals surface area (Å²) in [6.07, 6.45) is 6.15. The lowest BCUT2D eigenvalue weighted by atomic mass is 10.1. The van der Waals surface area contributed by atoms with Gasteiger partial charge in [-0.3, -0.25) is 9.88 Å². The van der Waals surface area contributed by atoms with Gasteiger partial charge in [0.1, 0.15) is 11.8 Å². The first-order chi connectivity index (χ1) is 11.7. The van der Waals surface area contributed by atoms with E-state index in [9.17, 15) is 5.26 Å². The smallest absolute Gasteiger partial charge is 0.120 e. The fourth-order valence-electron chi connectivity index (χ4n) is 3.26. The van der Waals surface area contributed by atoms with Gasteiger partial charge in [-0.05, 0) is 49.6 Å². The summed E-state index contributed by atoms with van der Waals surface area (Å²) in [5.41, 5.74) is 4.25. The minimum Gasteiger partial charge on any atom is -0.372 e. The van der Waals surface area contributed by atoms with Crippen molar-refractivity contribution in [3.8, 4) is 6.07 Å². The van der Waals surface area contributed by atoms with Gasteiger partial charge in [-0.1, -0.05) is 6.07 Å². The van der Waals surface area contributed by atoms with E-state index in [4.69, 9.17) is 4.74 Å². The Labute approximate surface area is 143 Å². The van der Waals surface area contributed by atoms with Crippen LogP contribution in [-0.4, -0.2) is 33.6 Å². The van der Waals surface area contributed by atoms with Gasteiger partial charge in [0, 0.05) is 38.2 Å². The Morgan fingerprint density at radius 2 is 2.33 bits per heavy atom. The fourth-order valence-corrected chi connectivity index (χ4v) is 3.26. The van der Waals surface area contributed by atoms with Gasteiger partial charge in [0.2, 0.25) is 0 Å². The van der Waals surface area contributed by atoms with Crippen molar-refractivity contribution in [1.82, 2.24) is 14.5 Å². The molecule has 0 radical (unpaired) electrons. The van der Waals surface area contributed by atoms with Gasteiger partial charge < -0.3 is 9.30 Å². The Bertz CT molecular complexity index is 717. The van der Waals surface area contributed by atoms with E-state index in [1.54, 1.807) is 6.20 Å². The lowest BCUT2D eigenvalue weighted by Gasteiger charge is -2.32. The summed E-state index contributed by atoms with van der Waals surface area (Å²) in [4.78, 5) is 6.56. The number of rotatable bonds is 5. The predicted octanol–water partition coefficient (Wildman–Crippen LogP) is 2.78. The van der Waals surface area contributed by atoms with Crippen LogP contribution in [0.4, 0.5) is 0 Å². The molecule has 0 bridgehead atoms. The molecule has 1 saturated heterocycles. The summed E-state index contributed by atoms with van der Waals surface area (Å²) >= 11 is 0. The largest absolute Gasteiger partial charge is 0.372 e. The van der Waals surface area contributed by atoms with Crippen LogP contribution in [-0.2, 0) is 24.9 Å². The molecule has 0 aliphatic carbocycles. The zero-order valence-electron chi connectivity index (χ0n) is 14.4. The van der Waals surface area contributed by atoms with E-state index in [1.165, 1.54) is 11.3 Å². The van der Waals surface area contributed by atoms with Gasteiger partial charge in [-0.2, -0.15) is 5.26 Å². The predicted molar refractivity (Wildman–Crippen MR) is 92.2 cm³/mol. The van der Waals surface area contributed by atoms with E-state index in [2.05, 4.69) is 22.9 Å². The van der Waals surface area contributed by atoms with Crippen molar-refractivity contribution in [3.63, 3.8) is 0 Å². The van der Waals surface area contributed by atoms with Crippen molar-refractivity contribution < 1.29 is 4.74 Å². The molecule has 3 rings (SSSR count). The maximum absolute atomic E-state index is 9.17. The van der Waals surface area contributed by atoms with Crippen LogP contribution in [0.2, 0.25) is 0 Å². The molecule has 5 nitrogen and oxygen atoms in total. The number of likely N-dealkylation sites (tertiary alicyclic amines) is 1. The van der Waals surface area contributed by atoms with Crippen LogP contribution in [0.1, 0.15) is 35.4 Å². The third-order valence-corrected chi connectivity index (χ3v) is 4.82. The SMILES string of the molecule is Cc1c(CN2CCC[C@@H](OCc3cccnc3)C2)cc(C#N)n1C. The molecule has 0 N–H and O–H groups in total. The summed E-state index contributed by atoms with van der Waals surface area (Å²) in [7, 11) is 1.95. The van der Waals surface area contributed by atoms with Crippen LogP contribution in [0.15, 0.2) is 30.6 Å². The first kappa shape index (κ1) is 16.7. The van der Waals surface area contributed by atoms with Crippen molar-refractivity contribution in [2.45, 2.75) is 39.0 Å². The van der Waals surface area contributed by atoms with Crippen LogP contribution in [0.5, 0.6) is 0 Å². The normalized spacial score (nSPS) is 18.5. The van der Waals surface area contributed by atoms with Crippen LogP contribution < -0.4 is 0 Å². The first-order valence-electron chi connectivity index (χ1n) is 8.45. The quantitative estimate of drug-likeness (QED) is 0.848. The number of nitriles is 1. The second-order valence-corrected chi connectivity index (χ2v) is 6.48. The van der Waals surface area contributed by atoms with E-state index in [0.717, 1.165) is 43.7 Å². The molecule has 0 unspecified atom stereocenters. The molecule has 2 aromatic rings. The summed E-state index contributed by atoms with van der Waals surface area (Å²) in [6.45, 7) is 5.61. The number of pyridine rings is 1. The molecular weight excluding hydrogens is 300 g/mol. The molecule has 1 fully saturated rings. The molecule has 0 spiro atoms. The summed E-state index contributed by atoms with van der Waals surface area (Å²) in [5, 5.41) is 9.17. The number of hydrogen-bond acceptors (Lipinski definition) is 4. The Balaban J connectivity index is 1.57. The van der Waals surface area contributed by atoms with Crippen molar-refractivity contribution in [2.24, 2.45) is 7.05 Å².